The van der Waals surface area contributed by atoms with Gasteiger partial charge in [-0.2, -0.15) is 0 Å². The van der Waals surface area contributed by atoms with E-state index in [0.29, 0.717) is 12.2 Å². The minimum atomic E-state index is -1.39. The first kappa shape index (κ1) is 13.3. The van der Waals surface area contributed by atoms with Gasteiger partial charge in [0.2, 0.25) is 0 Å². The van der Waals surface area contributed by atoms with Crippen LogP contribution < -0.4 is 5.32 Å². The summed E-state index contributed by atoms with van der Waals surface area (Å²) >= 11 is 0. The zero-order chi connectivity index (χ0) is 12.0. The molecule has 2 nitrogen and oxygen atoms in total. The first-order chi connectivity index (χ1) is 7.65. The van der Waals surface area contributed by atoms with Crippen molar-refractivity contribution in [3.05, 3.63) is 29.8 Å². The third-order valence-electron chi connectivity index (χ3n) is 2.07. The summed E-state index contributed by atoms with van der Waals surface area (Å²) in [6.45, 7) is 3.60. The Balaban J connectivity index is 2.53. The van der Waals surface area contributed by atoms with Gasteiger partial charge in [0.05, 0.1) is 15.7 Å². The maximum atomic E-state index is 13.2. The summed E-state index contributed by atoms with van der Waals surface area (Å²) in [4.78, 5) is 0.0814. The van der Waals surface area contributed by atoms with Crippen molar-refractivity contribution in [2.45, 2.75) is 18.2 Å². The van der Waals surface area contributed by atoms with Crippen LogP contribution in [0.5, 0.6) is 0 Å². The number of nitrogens with one attached hydrogen (secondary N) is 1. The number of hydrogen-bond acceptors (Lipinski definition) is 2. The number of hydrogen-bond donors (Lipinski definition) is 1. The van der Waals surface area contributed by atoms with Crippen molar-refractivity contribution in [2.75, 3.05) is 18.8 Å². The summed E-state index contributed by atoms with van der Waals surface area (Å²) in [5.41, 5.74) is 0. The summed E-state index contributed by atoms with van der Waals surface area (Å²) in [5, 5.41) is 3.09. The molecule has 0 aliphatic rings. The molecule has 0 fully saturated rings. The predicted molar refractivity (Wildman–Crippen MR) is 60.8 cm³/mol. The lowest BCUT2D eigenvalue weighted by Crippen LogP contribution is -2.16. The zero-order valence-electron chi connectivity index (χ0n) is 9.13. The minimum absolute atomic E-state index is 0.0814. The average molecular weight is 247 g/mol. The number of benzene rings is 1. The van der Waals surface area contributed by atoms with E-state index in [1.165, 1.54) is 6.07 Å². The van der Waals surface area contributed by atoms with Gasteiger partial charge < -0.3 is 5.32 Å². The Hall–Kier alpha value is -0.810. The minimum Gasteiger partial charge on any atom is -0.317 e. The largest absolute Gasteiger partial charge is 0.317 e. The summed E-state index contributed by atoms with van der Waals surface area (Å²) in [6.07, 6.45) is 0.706. The highest BCUT2D eigenvalue weighted by Crippen LogP contribution is 2.14. The third-order valence-corrected chi connectivity index (χ3v) is 3.55. The van der Waals surface area contributed by atoms with E-state index in [9.17, 15) is 13.0 Å². The molecule has 0 heterocycles. The molecule has 0 spiro atoms. The second kappa shape index (κ2) is 6.70. The molecule has 0 radical (unpaired) electrons. The van der Waals surface area contributed by atoms with Crippen molar-refractivity contribution < 1.29 is 13.0 Å². The van der Waals surface area contributed by atoms with Crippen LogP contribution in [0.25, 0.3) is 0 Å². The van der Waals surface area contributed by atoms with Crippen LogP contribution in [0.3, 0.4) is 0 Å². The van der Waals surface area contributed by atoms with Crippen molar-refractivity contribution in [3.8, 4) is 0 Å². The van der Waals surface area contributed by atoms with E-state index in [0.717, 1.165) is 25.2 Å². The molecule has 90 valence electrons. The fourth-order valence-electron chi connectivity index (χ4n) is 1.27. The highest BCUT2D eigenvalue weighted by atomic mass is 32.2. The van der Waals surface area contributed by atoms with E-state index in [-0.39, 0.29) is 4.90 Å². The molecule has 0 aliphatic carbocycles. The van der Waals surface area contributed by atoms with E-state index in [1.54, 1.807) is 0 Å². The summed E-state index contributed by atoms with van der Waals surface area (Å²) in [5.74, 6) is -0.997. The van der Waals surface area contributed by atoms with Gasteiger partial charge in [-0.15, -0.1) is 0 Å². The summed E-state index contributed by atoms with van der Waals surface area (Å²) in [7, 11) is -1.39. The zero-order valence-corrected chi connectivity index (χ0v) is 9.95. The van der Waals surface area contributed by atoms with E-state index in [1.807, 2.05) is 6.92 Å². The molecule has 0 bridgehead atoms. The van der Waals surface area contributed by atoms with Gasteiger partial charge in [0.25, 0.3) is 0 Å². The van der Waals surface area contributed by atoms with Crippen LogP contribution in [0, 0.1) is 11.6 Å². The first-order valence-electron chi connectivity index (χ1n) is 5.19. The Bertz CT molecular complexity index is 371. The molecular weight excluding hydrogens is 232 g/mol. The van der Waals surface area contributed by atoms with Crippen molar-refractivity contribution in [1.82, 2.24) is 5.32 Å². The molecule has 0 amide bonds. The molecule has 0 aromatic heterocycles. The van der Waals surface area contributed by atoms with Gasteiger partial charge in [-0.3, -0.25) is 4.21 Å². The molecule has 1 unspecified atom stereocenters. The van der Waals surface area contributed by atoms with Gasteiger partial charge in [0.15, 0.2) is 0 Å². The molecule has 16 heavy (non-hydrogen) atoms. The van der Waals surface area contributed by atoms with Crippen molar-refractivity contribution in [1.29, 1.82) is 0 Å². The number of halogens is 2. The van der Waals surface area contributed by atoms with Crippen LogP contribution in [-0.2, 0) is 10.8 Å². The maximum absolute atomic E-state index is 13.2. The molecule has 0 saturated carbocycles. The summed E-state index contributed by atoms with van der Waals surface area (Å²) < 4.78 is 37.5. The lowest BCUT2D eigenvalue weighted by Gasteiger charge is -2.04. The Kier molecular flexibility index (Phi) is 5.55. The van der Waals surface area contributed by atoms with Gasteiger partial charge in [-0.05, 0) is 31.6 Å². The molecule has 1 rings (SSSR count). The fraction of sp³-hybridized carbons (Fsp3) is 0.455. The van der Waals surface area contributed by atoms with Crippen molar-refractivity contribution in [2.24, 2.45) is 0 Å². The maximum Gasteiger partial charge on any atom is 0.142 e. The Morgan fingerprint density at radius 2 is 2.12 bits per heavy atom. The Morgan fingerprint density at radius 3 is 2.75 bits per heavy atom. The molecule has 5 heteroatoms. The number of rotatable bonds is 6. The van der Waals surface area contributed by atoms with Gasteiger partial charge in [0, 0.05) is 11.8 Å². The van der Waals surface area contributed by atoms with Crippen LogP contribution in [0.4, 0.5) is 8.78 Å². The van der Waals surface area contributed by atoms with Gasteiger partial charge in [-0.25, -0.2) is 8.78 Å². The van der Waals surface area contributed by atoms with Crippen molar-refractivity contribution >= 4 is 10.8 Å². The van der Waals surface area contributed by atoms with Crippen LogP contribution in [-0.4, -0.2) is 23.1 Å². The van der Waals surface area contributed by atoms with E-state index in [2.05, 4.69) is 5.32 Å². The van der Waals surface area contributed by atoms with Crippen LogP contribution >= 0.6 is 0 Å². The van der Waals surface area contributed by atoms with E-state index in [4.69, 9.17) is 0 Å². The highest BCUT2D eigenvalue weighted by molar-refractivity contribution is 7.85. The fourth-order valence-corrected chi connectivity index (χ4v) is 2.40. The van der Waals surface area contributed by atoms with Crippen LogP contribution in [0.1, 0.15) is 13.3 Å². The topological polar surface area (TPSA) is 29.1 Å². The van der Waals surface area contributed by atoms with E-state index >= 15 is 0 Å². The Labute approximate surface area is 96.5 Å². The standard InChI is InChI=1S/C11H15F2NOS/c1-2-14-6-3-7-16(15)11-5-4-9(12)8-10(11)13/h4-5,8,14H,2-3,6-7H2,1H3. The lowest BCUT2D eigenvalue weighted by molar-refractivity contribution is 0.562. The molecule has 1 aromatic carbocycles. The molecule has 1 atom stereocenters. The molecule has 1 N–H and O–H groups in total. The quantitative estimate of drug-likeness (QED) is 0.780. The SMILES string of the molecule is CCNCCCS(=O)c1ccc(F)cc1F. The lowest BCUT2D eigenvalue weighted by atomic mass is 10.3. The normalized spacial score (nSPS) is 12.7. The van der Waals surface area contributed by atoms with Crippen LogP contribution in [0.2, 0.25) is 0 Å². The van der Waals surface area contributed by atoms with Gasteiger partial charge in [0.1, 0.15) is 11.6 Å². The second-order valence-electron chi connectivity index (χ2n) is 3.33. The molecular formula is C11H15F2NOS. The molecule has 0 aliphatic heterocycles. The smallest absolute Gasteiger partial charge is 0.142 e. The predicted octanol–water partition coefficient (Wildman–Crippen LogP) is 2.07. The molecule has 1 aromatic rings. The van der Waals surface area contributed by atoms with Gasteiger partial charge in [-0.1, -0.05) is 6.92 Å². The monoisotopic (exact) mass is 247 g/mol. The van der Waals surface area contributed by atoms with Crippen molar-refractivity contribution in [3.63, 3.8) is 0 Å². The first-order valence-corrected chi connectivity index (χ1v) is 6.51. The summed E-state index contributed by atoms with van der Waals surface area (Å²) in [6, 6.07) is 3.13. The average Bonchev–Trinajstić information content (AvgIpc) is 2.24. The second-order valence-corrected chi connectivity index (χ2v) is 4.87. The third kappa shape index (κ3) is 3.98. The van der Waals surface area contributed by atoms with Crippen LogP contribution in [0.15, 0.2) is 23.1 Å². The Morgan fingerprint density at radius 1 is 1.38 bits per heavy atom. The van der Waals surface area contributed by atoms with E-state index < -0.39 is 22.4 Å². The molecule has 0 saturated heterocycles. The van der Waals surface area contributed by atoms with Gasteiger partial charge >= 0.3 is 0 Å². The highest BCUT2D eigenvalue weighted by Gasteiger charge is 2.10.